The van der Waals surface area contributed by atoms with E-state index in [9.17, 15) is 0 Å². The van der Waals surface area contributed by atoms with Gasteiger partial charge in [-0.1, -0.05) is 36.4 Å². The van der Waals surface area contributed by atoms with Gasteiger partial charge in [0.25, 0.3) is 0 Å². The molecule has 2 heterocycles. The molecule has 2 aliphatic rings. The van der Waals surface area contributed by atoms with E-state index in [4.69, 9.17) is 43.0 Å². The number of hydrogen-bond donors (Lipinski definition) is 5. The maximum Gasteiger partial charge on any atom is 2.00 e. The second-order valence-corrected chi connectivity index (χ2v) is 11.6. The summed E-state index contributed by atoms with van der Waals surface area (Å²) in [6.45, 7) is 11.8. The minimum Gasteiger partial charge on any atom is -0.323 e. The Labute approximate surface area is 248 Å². The van der Waals surface area contributed by atoms with Gasteiger partial charge in [-0.2, -0.15) is 0 Å². The Balaban J connectivity index is 0.000000628. The van der Waals surface area contributed by atoms with Gasteiger partial charge in [0.05, 0.1) is 6.17 Å². The van der Waals surface area contributed by atoms with Crippen LogP contribution in [0.5, 0.6) is 0 Å². The predicted octanol–water partition coefficient (Wildman–Crippen LogP) is -8.51. The third-order valence-corrected chi connectivity index (χ3v) is 6.12. The van der Waals surface area contributed by atoms with Gasteiger partial charge in [-0.3, -0.25) is 10.2 Å². The summed E-state index contributed by atoms with van der Waals surface area (Å²) in [7, 11) is -9.89. The second kappa shape index (κ2) is 16.2. The van der Waals surface area contributed by atoms with Crippen LogP contribution in [0.15, 0.2) is 42.5 Å². The molecule has 0 spiro atoms. The van der Waals surface area contributed by atoms with Gasteiger partial charge in [-0.25, -0.2) is 37.3 Å². The fourth-order valence-electron chi connectivity index (χ4n) is 4.57. The molecule has 2 aliphatic heterocycles. The van der Waals surface area contributed by atoms with Gasteiger partial charge >= 0.3 is 17.1 Å². The van der Waals surface area contributed by atoms with Crippen LogP contribution in [0.25, 0.3) is 10.8 Å². The number of hydrogen-bond acceptors (Lipinski definition) is 14. The second-order valence-electron chi connectivity index (χ2n) is 10.1. The first-order valence-electron chi connectivity index (χ1n) is 12.1. The molecular weight excluding hydrogens is 623 g/mol. The average molecular weight is 659 g/mol. The van der Waals surface area contributed by atoms with E-state index < -0.39 is 20.5 Å². The van der Waals surface area contributed by atoms with Crippen LogP contribution in [0.2, 0.25) is 0 Å². The molecule has 2 fully saturated rings. The molecule has 0 aromatic heterocycles. The van der Waals surface area contributed by atoms with Gasteiger partial charge in [0.1, 0.15) is 0 Å². The first kappa shape index (κ1) is 37.3. The zero-order valence-corrected chi connectivity index (χ0v) is 24.6. The number of benzene rings is 2. The Morgan fingerprint density at radius 3 is 1.85 bits per heavy atom. The minimum atomic E-state index is -4.94. The van der Waals surface area contributed by atoms with Crippen molar-refractivity contribution in [3.8, 4) is 0 Å². The largest absolute Gasteiger partial charge is 2.00 e. The van der Waals surface area contributed by atoms with E-state index in [0.717, 1.165) is 52.4 Å². The number of rotatable bonds is 1. The fraction of sp³-hybridized carbons (Fsp3) is 0.565. The zero-order valence-electron chi connectivity index (χ0n) is 22.1. The Kier molecular flexibility index (Phi) is 15.1. The smallest absolute Gasteiger partial charge is 0.323 e. The average Bonchev–Trinajstić information content (AvgIpc) is 3.13. The van der Waals surface area contributed by atoms with Crippen molar-refractivity contribution < 1.29 is 74.8 Å². The van der Waals surface area contributed by atoms with Gasteiger partial charge in [-0.05, 0) is 36.2 Å². The van der Waals surface area contributed by atoms with Gasteiger partial charge < -0.3 is 21.7 Å². The third-order valence-electron chi connectivity index (χ3n) is 6.12. The molecular formula is C23H36Cl2CuN6O8. The van der Waals surface area contributed by atoms with E-state index in [1.54, 1.807) is 0 Å². The zero-order chi connectivity index (χ0) is 29.3. The van der Waals surface area contributed by atoms with Crippen molar-refractivity contribution in [1.29, 1.82) is 0 Å². The van der Waals surface area contributed by atoms with Crippen molar-refractivity contribution in [1.82, 2.24) is 26.2 Å². The molecule has 17 heteroatoms. The first-order chi connectivity index (χ1) is 17.9. The topological polar surface area (TPSA) is 262 Å². The van der Waals surface area contributed by atoms with Crippen molar-refractivity contribution in [3.05, 3.63) is 48.0 Å². The van der Waals surface area contributed by atoms with Crippen LogP contribution >= 0.6 is 0 Å². The molecule has 1 radical (unpaired) electrons. The van der Waals surface area contributed by atoms with E-state index >= 15 is 0 Å². The summed E-state index contributed by atoms with van der Waals surface area (Å²) in [5.41, 5.74) is 7.57. The predicted molar refractivity (Wildman–Crippen MR) is 121 cm³/mol. The molecule has 2 bridgehead atoms. The Morgan fingerprint density at radius 1 is 0.775 bits per heavy atom. The number of halogens is 2. The molecule has 0 aliphatic carbocycles. The molecule has 2 saturated heterocycles. The molecule has 14 nitrogen and oxygen atoms in total. The normalized spacial score (nSPS) is 28.2. The first-order valence-corrected chi connectivity index (χ1v) is 14.6. The van der Waals surface area contributed by atoms with E-state index in [1.807, 2.05) is 0 Å². The van der Waals surface area contributed by atoms with Crippen molar-refractivity contribution in [2.45, 2.75) is 31.1 Å². The summed E-state index contributed by atoms with van der Waals surface area (Å²) in [4.78, 5) is 2.57. The van der Waals surface area contributed by atoms with Crippen LogP contribution in [0, 0.1) is 20.5 Å². The summed E-state index contributed by atoms with van der Waals surface area (Å²) in [6, 6.07) is 15.4. The number of nitrogens with one attached hydrogen (secondary N) is 4. The van der Waals surface area contributed by atoms with E-state index in [1.165, 1.54) is 16.3 Å². The number of fused-ring (bicyclic) bond motifs is 3. The fourth-order valence-corrected chi connectivity index (χ4v) is 4.57. The van der Waals surface area contributed by atoms with E-state index in [0.29, 0.717) is 0 Å². The number of nitrogens with zero attached hydrogens (tertiary/aromatic N) is 1. The van der Waals surface area contributed by atoms with Crippen LogP contribution in [0.1, 0.15) is 25.6 Å². The third kappa shape index (κ3) is 15.5. The number of nitrogens with two attached hydrogens (primary N) is 1. The van der Waals surface area contributed by atoms with E-state index in [2.05, 4.69) is 82.5 Å². The standard InChI is InChI=1S/C23H36N6.2ClHO4.Cu/c1-22(24)14-25-9-10-26-16-23(2)17-29(12-11-27-15-22)21(28-23)20-8-7-18-5-3-4-6-19(18)13-20;2*2-1(3,4)5;/h3-8,13,21,25-28H,9-12,14-17,24H2,1-2H3;2*(H,2,3,4,5);/q;;;+2/p-2/t21-,22-,23-;;;/m0.../s1. The SMILES string of the molecule is C[C@]1(N)CNCCNC[C@@]2(C)CN(CCNC1)[C@@H](c1ccc3ccccc3c1)N2.[Cu+2].[O-][Cl+3]([O-])([O-])[O-].[O-][Cl+3]([O-])([O-])[O-]. The molecule has 0 amide bonds. The van der Waals surface area contributed by atoms with Crippen LogP contribution < -0.4 is 64.3 Å². The molecule has 0 saturated carbocycles. The summed E-state index contributed by atoms with van der Waals surface area (Å²) in [6.07, 6.45) is 0.223. The molecule has 1 unspecified atom stereocenters. The molecule has 40 heavy (non-hydrogen) atoms. The van der Waals surface area contributed by atoms with Crippen LogP contribution in [-0.2, 0) is 17.1 Å². The van der Waals surface area contributed by atoms with Gasteiger partial charge in [0, 0.05) is 63.4 Å². The molecule has 4 rings (SSSR count). The van der Waals surface area contributed by atoms with Gasteiger partial charge in [-0.15, -0.1) is 20.5 Å². The summed E-state index contributed by atoms with van der Waals surface area (Å²) in [5.74, 6) is 0. The van der Waals surface area contributed by atoms with Crippen molar-refractivity contribution in [2.75, 3.05) is 52.4 Å². The maximum atomic E-state index is 8.49. The van der Waals surface area contributed by atoms with Crippen LogP contribution in [-0.4, -0.2) is 68.3 Å². The molecule has 231 valence electrons. The van der Waals surface area contributed by atoms with Crippen molar-refractivity contribution in [3.63, 3.8) is 0 Å². The van der Waals surface area contributed by atoms with Crippen molar-refractivity contribution >= 4 is 10.8 Å². The van der Waals surface area contributed by atoms with Crippen LogP contribution in [0.3, 0.4) is 0 Å². The minimum absolute atomic E-state index is 0. The molecule has 6 N–H and O–H groups in total. The summed E-state index contributed by atoms with van der Waals surface area (Å²) < 4.78 is 67.9. The Hall–Kier alpha value is -0.761. The Bertz CT molecular complexity index is 1010. The maximum absolute atomic E-state index is 8.49. The van der Waals surface area contributed by atoms with Gasteiger partial charge in [0.2, 0.25) is 0 Å². The van der Waals surface area contributed by atoms with E-state index in [-0.39, 0.29) is 34.3 Å². The summed E-state index contributed by atoms with van der Waals surface area (Å²) in [5, 5.41) is 17.2. The summed E-state index contributed by atoms with van der Waals surface area (Å²) >= 11 is 0. The molecule has 2 aromatic rings. The molecule has 2 aromatic carbocycles. The van der Waals surface area contributed by atoms with Crippen molar-refractivity contribution in [2.24, 2.45) is 5.73 Å². The Morgan fingerprint density at radius 2 is 1.27 bits per heavy atom. The van der Waals surface area contributed by atoms with Crippen LogP contribution in [0.4, 0.5) is 0 Å². The quantitative estimate of drug-likeness (QED) is 0.178. The molecule has 4 atom stereocenters. The van der Waals surface area contributed by atoms with Gasteiger partial charge in [0.15, 0.2) is 0 Å². The monoisotopic (exact) mass is 657 g/mol.